The summed E-state index contributed by atoms with van der Waals surface area (Å²) in [6, 6.07) is 10.6. The van der Waals surface area contributed by atoms with Crippen LogP contribution in [-0.4, -0.2) is 35.0 Å². The topological polar surface area (TPSA) is 76.0 Å². The minimum absolute atomic E-state index is 0.0618. The number of halogens is 2. The molecule has 2 aromatic rings. The van der Waals surface area contributed by atoms with Crippen LogP contribution in [0.4, 0.5) is 0 Å². The van der Waals surface area contributed by atoms with E-state index < -0.39 is 12.1 Å². The molecule has 7 heteroatoms. The minimum atomic E-state index is -0.938. The van der Waals surface area contributed by atoms with Crippen molar-refractivity contribution in [3.63, 3.8) is 0 Å². The number of hydrogen-bond donors (Lipinski definition) is 2. The number of aliphatic hydroxyl groups excluding tert-OH is 1. The smallest absolute Gasteiger partial charge is 0.345 e. The third-order valence-corrected chi connectivity index (χ3v) is 4.41. The van der Waals surface area contributed by atoms with Gasteiger partial charge < -0.3 is 19.7 Å². The van der Waals surface area contributed by atoms with Crippen LogP contribution >= 0.6 is 23.2 Å². The molecule has 2 aromatic carbocycles. The van der Waals surface area contributed by atoms with Crippen molar-refractivity contribution in [1.29, 1.82) is 0 Å². The predicted octanol–water partition coefficient (Wildman–Crippen LogP) is 3.36. The zero-order valence-electron chi connectivity index (χ0n) is 13.1. The molecule has 2 aliphatic rings. The third kappa shape index (κ3) is 4.18. The molecule has 0 fully saturated rings. The lowest BCUT2D eigenvalue weighted by Crippen LogP contribution is -2.24. The summed E-state index contributed by atoms with van der Waals surface area (Å²) >= 11 is 11.5. The molecular weight excluding hydrogens is 367 g/mol. The molecule has 0 spiro atoms. The van der Waals surface area contributed by atoms with Gasteiger partial charge in [0.2, 0.25) is 0 Å². The number of carboxylic acid groups (broad SMARTS) is 1. The number of carbonyl (C=O) groups is 1. The lowest BCUT2D eigenvalue weighted by molar-refractivity contribution is -0.144. The van der Waals surface area contributed by atoms with E-state index in [4.69, 9.17) is 42.9 Å². The Kier molecular flexibility index (Phi) is 5.37. The molecule has 2 atom stereocenters. The number of rotatable bonds is 2. The van der Waals surface area contributed by atoms with Gasteiger partial charge in [-0.05, 0) is 47.5 Å². The Bertz CT molecular complexity index is 793. The highest BCUT2D eigenvalue weighted by molar-refractivity contribution is 6.31. The quantitative estimate of drug-likeness (QED) is 0.832. The van der Waals surface area contributed by atoms with Gasteiger partial charge in [0, 0.05) is 22.9 Å². The molecule has 2 aliphatic heterocycles. The summed E-state index contributed by atoms with van der Waals surface area (Å²) in [6.07, 6.45) is 0.310. The first kappa shape index (κ1) is 17.9. The first-order chi connectivity index (χ1) is 12.0. The fraction of sp³-hybridized carbons (Fsp3) is 0.278. The maximum Gasteiger partial charge on any atom is 0.345 e. The van der Waals surface area contributed by atoms with E-state index in [-0.39, 0.29) is 12.7 Å². The molecule has 0 aliphatic carbocycles. The van der Waals surface area contributed by atoms with Crippen LogP contribution in [0.15, 0.2) is 36.4 Å². The SMILES string of the molecule is O=C(O)C1Cc2cc(Cl)ccc2O1.OCC1Cc2cc(Cl)ccc2O1. The van der Waals surface area contributed by atoms with E-state index in [2.05, 4.69) is 0 Å². The van der Waals surface area contributed by atoms with E-state index >= 15 is 0 Å². The fourth-order valence-electron chi connectivity index (χ4n) is 2.75. The van der Waals surface area contributed by atoms with Crippen molar-refractivity contribution in [1.82, 2.24) is 0 Å². The number of ether oxygens (including phenoxy) is 2. The standard InChI is InChI=1S/C9H7ClO3.C9H9ClO2/c10-6-1-2-7-5(3-6)4-8(13-7)9(11)12;10-7-1-2-9-6(3-7)4-8(5-11)12-9/h1-3,8H,4H2,(H,11,12);1-3,8,11H,4-5H2. The largest absolute Gasteiger partial charge is 0.487 e. The molecule has 0 saturated carbocycles. The third-order valence-electron chi connectivity index (χ3n) is 3.94. The van der Waals surface area contributed by atoms with Crippen molar-refractivity contribution < 1.29 is 24.5 Å². The van der Waals surface area contributed by atoms with Gasteiger partial charge in [0.05, 0.1) is 6.61 Å². The normalized spacial score (nSPS) is 19.8. The Morgan fingerprint density at radius 3 is 2.12 bits per heavy atom. The van der Waals surface area contributed by atoms with Crippen LogP contribution in [-0.2, 0) is 17.6 Å². The van der Waals surface area contributed by atoms with Gasteiger partial charge in [0.1, 0.15) is 17.6 Å². The van der Waals surface area contributed by atoms with Crippen LogP contribution < -0.4 is 9.47 Å². The molecule has 0 radical (unpaired) electrons. The van der Waals surface area contributed by atoms with Gasteiger partial charge in [-0.15, -0.1) is 0 Å². The predicted molar refractivity (Wildman–Crippen MR) is 93.9 cm³/mol. The van der Waals surface area contributed by atoms with Crippen molar-refractivity contribution in [3.05, 3.63) is 57.6 Å². The second-order valence-corrected chi connectivity index (χ2v) is 6.65. The lowest BCUT2D eigenvalue weighted by atomic mass is 10.1. The van der Waals surface area contributed by atoms with Gasteiger partial charge >= 0.3 is 5.97 Å². The molecule has 0 amide bonds. The van der Waals surface area contributed by atoms with E-state index in [9.17, 15) is 4.79 Å². The van der Waals surface area contributed by atoms with E-state index in [0.717, 1.165) is 28.3 Å². The van der Waals surface area contributed by atoms with E-state index in [1.54, 1.807) is 24.3 Å². The number of aliphatic hydroxyl groups is 1. The number of hydrogen-bond acceptors (Lipinski definition) is 4. The number of aliphatic carboxylic acids is 1. The fourth-order valence-corrected chi connectivity index (χ4v) is 3.14. The van der Waals surface area contributed by atoms with Crippen molar-refractivity contribution in [3.8, 4) is 11.5 Å². The Labute approximate surface area is 154 Å². The molecule has 2 heterocycles. The van der Waals surface area contributed by atoms with Crippen LogP contribution in [0.3, 0.4) is 0 Å². The van der Waals surface area contributed by atoms with Gasteiger partial charge in [-0.2, -0.15) is 0 Å². The number of fused-ring (bicyclic) bond motifs is 2. The Hall–Kier alpha value is -1.95. The van der Waals surface area contributed by atoms with Crippen LogP contribution in [0.2, 0.25) is 10.0 Å². The molecule has 2 N–H and O–H groups in total. The summed E-state index contributed by atoms with van der Waals surface area (Å²) in [5.41, 5.74) is 1.95. The zero-order valence-corrected chi connectivity index (χ0v) is 14.6. The summed E-state index contributed by atoms with van der Waals surface area (Å²) in [7, 11) is 0. The average molecular weight is 383 g/mol. The zero-order chi connectivity index (χ0) is 18.0. The van der Waals surface area contributed by atoms with Gasteiger partial charge in [0.25, 0.3) is 0 Å². The van der Waals surface area contributed by atoms with Crippen molar-refractivity contribution in [2.24, 2.45) is 0 Å². The van der Waals surface area contributed by atoms with E-state index in [0.29, 0.717) is 17.2 Å². The van der Waals surface area contributed by atoms with Gasteiger partial charge in [-0.3, -0.25) is 0 Å². The molecular formula is C18H16Cl2O5. The van der Waals surface area contributed by atoms with Crippen molar-refractivity contribution >= 4 is 29.2 Å². The highest BCUT2D eigenvalue weighted by Crippen LogP contribution is 2.31. The minimum Gasteiger partial charge on any atom is -0.487 e. The first-order valence-electron chi connectivity index (χ1n) is 7.70. The maximum atomic E-state index is 10.6. The summed E-state index contributed by atoms with van der Waals surface area (Å²) in [5, 5.41) is 18.9. The highest BCUT2D eigenvalue weighted by Gasteiger charge is 2.28. The average Bonchev–Trinajstić information content (AvgIpc) is 3.17. The Morgan fingerprint density at radius 1 is 1.00 bits per heavy atom. The van der Waals surface area contributed by atoms with Crippen molar-refractivity contribution in [2.75, 3.05) is 6.61 Å². The van der Waals surface area contributed by atoms with Crippen molar-refractivity contribution in [2.45, 2.75) is 25.0 Å². The van der Waals surface area contributed by atoms with Crippen LogP contribution in [0, 0.1) is 0 Å². The molecule has 0 aromatic heterocycles. The summed E-state index contributed by atoms with van der Waals surface area (Å²) < 4.78 is 10.6. The monoisotopic (exact) mass is 382 g/mol. The Balaban J connectivity index is 0.000000146. The van der Waals surface area contributed by atoms with Gasteiger partial charge in [-0.1, -0.05) is 23.2 Å². The number of benzene rings is 2. The van der Waals surface area contributed by atoms with Crippen LogP contribution in [0.25, 0.3) is 0 Å². The molecule has 5 nitrogen and oxygen atoms in total. The Morgan fingerprint density at radius 2 is 1.56 bits per heavy atom. The summed E-state index contributed by atoms with van der Waals surface area (Å²) in [6.45, 7) is 0.0618. The van der Waals surface area contributed by atoms with E-state index in [1.165, 1.54) is 0 Å². The summed E-state index contributed by atoms with van der Waals surface area (Å²) in [4.78, 5) is 10.6. The molecule has 25 heavy (non-hydrogen) atoms. The summed E-state index contributed by atoms with van der Waals surface area (Å²) in [5.74, 6) is 0.530. The van der Waals surface area contributed by atoms with Crippen LogP contribution in [0.1, 0.15) is 11.1 Å². The maximum absolute atomic E-state index is 10.6. The number of carboxylic acids is 1. The lowest BCUT2D eigenvalue weighted by Gasteiger charge is -2.04. The van der Waals surface area contributed by atoms with Crippen LogP contribution in [0.5, 0.6) is 11.5 Å². The van der Waals surface area contributed by atoms with E-state index in [1.807, 2.05) is 12.1 Å². The second-order valence-electron chi connectivity index (χ2n) is 5.78. The van der Waals surface area contributed by atoms with Gasteiger partial charge in [0.15, 0.2) is 6.10 Å². The molecule has 0 bridgehead atoms. The molecule has 2 unspecified atom stereocenters. The van der Waals surface area contributed by atoms with Gasteiger partial charge in [-0.25, -0.2) is 4.79 Å². The highest BCUT2D eigenvalue weighted by atomic mass is 35.5. The molecule has 4 rings (SSSR count). The second kappa shape index (κ2) is 7.52. The molecule has 132 valence electrons. The first-order valence-corrected chi connectivity index (χ1v) is 8.45. The molecule has 0 saturated heterocycles.